The summed E-state index contributed by atoms with van der Waals surface area (Å²) in [4.78, 5) is 9.71. The second-order valence-corrected chi connectivity index (χ2v) is 4.89. The van der Waals surface area contributed by atoms with Crippen LogP contribution in [0.4, 0.5) is 5.69 Å². The van der Waals surface area contributed by atoms with Gasteiger partial charge < -0.3 is 0 Å². The summed E-state index contributed by atoms with van der Waals surface area (Å²) in [5.74, 6) is 0. The third-order valence-corrected chi connectivity index (χ3v) is 3.23. The van der Waals surface area contributed by atoms with Crippen molar-refractivity contribution in [3.63, 3.8) is 0 Å². The first kappa shape index (κ1) is 10.5. The van der Waals surface area contributed by atoms with Crippen LogP contribution in [-0.2, 0) is 0 Å². The van der Waals surface area contributed by atoms with Crippen LogP contribution in [0.2, 0.25) is 5.02 Å². The molecule has 0 saturated heterocycles. The first-order valence-corrected chi connectivity index (χ1v) is 6.13. The average molecular weight is 265 g/mol. The molecule has 0 bridgehead atoms. The van der Waals surface area contributed by atoms with Crippen molar-refractivity contribution in [1.82, 2.24) is 0 Å². The second kappa shape index (κ2) is 4.06. The first-order chi connectivity index (χ1) is 6.02. The van der Waals surface area contributed by atoms with Gasteiger partial charge in [0.2, 0.25) is 0 Å². The van der Waals surface area contributed by atoms with Gasteiger partial charge in [0.1, 0.15) is 0 Å². The Morgan fingerprint density at radius 3 is 2.54 bits per heavy atom. The summed E-state index contributed by atoms with van der Waals surface area (Å²) < 4.78 is 17.9. The predicted molar refractivity (Wildman–Crippen MR) is 47.9 cm³/mol. The third-order valence-electron chi connectivity index (χ3n) is 1.36. The maximum atomic E-state index is 10.4. The number of benzene rings is 1. The van der Waals surface area contributed by atoms with Gasteiger partial charge in [0.15, 0.2) is 0 Å². The molecule has 1 aromatic carbocycles. The van der Waals surface area contributed by atoms with Crippen LogP contribution in [0.25, 0.3) is 0 Å². The Balaban J connectivity index is 3.19. The van der Waals surface area contributed by atoms with Crippen LogP contribution in [0.3, 0.4) is 0 Å². The van der Waals surface area contributed by atoms with E-state index in [1.54, 1.807) is 0 Å². The van der Waals surface area contributed by atoms with Gasteiger partial charge in [-0.2, -0.15) is 0 Å². The normalized spacial score (nSPS) is 10.5. The van der Waals surface area contributed by atoms with Gasteiger partial charge in [0, 0.05) is 0 Å². The Bertz CT molecular complexity index is 343. The Labute approximate surface area is 83.7 Å². The molecule has 0 aliphatic heterocycles. The van der Waals surface area contributed by atoms with Crippen molar-refractivity contribution >= 4 is 37.0 Å². The number of halogens is 1. The summed E-state index contributed by atoms with van der Waals surface area (Å²) in [7, 11) is 0. The summed E-state index contributed by atoms with van der Waals surface area (Å²) in [6.07, 6.45) is 0. The fourth-order valence-electron chi connectivity index (χ4n) is 0.765. The third kappa shape index (κ3) is 2.41. The molecule has 0 amide bonds. The Morgan fingerprint density at radius 1 is 1.46 bits per heavy atom. The summed E-state index contributed by atoms with van der Waals surface area (Å²) in [6.45, 7) is 0. The molecule has 13 heavy (non-hydrogen) atoms. The molecule has 0 saturated carbocycles. The molecule has 70 valence electrons. The van der Waals surface area contributed by atoms with Crippen molar-refractivity contribution in [3.8, 4) is 0 Å². The second-order valence-electron chi connectivity index (χ2n) is 2.18. The fraction of sp³-hybridized carbons (Fsp3) is 0. The molecule has 0 radical (unpaired) electrons. The Hall–Kier alpha value is -0.612. The number of hydrogen-bond donors (Lipinski definition) is 2. The van der Waals surface area contributed by atoms with E-state index in [4.69, 9.17) is 19.8 Å². The minimum absolute atomic E-state index is 0.00963. The van der Waals surface area contributed by atoms with E-state index in [-0.39, 0.29) is 15.1 Å². The zero-order valence-electron chi connectivity index (χ0n) is 6.22. The van der Waals surface area contributed by atoms with E-state index in [1.807, 2.05) is 0 Å². The topological polar surface area (TPSA) is 83.6 Å². The molecule has 1 rings (SSSR count). The van der Waals surface area contributed by atoms with E-state index in [1.165, 1.54) is 12.1 Å². The number of nitro benzene ring substituents is 1. The van der Waals surface area contributed by atoms with Gasteiger partial charge in [-0.05, 0) is 0 Å². The van der Waals surface area contributed by atoms with E-state index in [0.717, 1.165) is 6.07 Å². The van der Waals surface area contributed by atoms with Crippen molar-refractivity contribution in [2.75, 3.05) is 0 Å². The summed E-state index contributed by atoms with van der Waals surface area (Å²) in [6, 6.07) is 3.74. The van der Waals surface area contributed by atoms with Gasteiger partial charge >= 0.3 is 83.4 Å². The van der Waals surface area contributed by atoms with Gasteiger partial charge in [-0.15, -0.1) is 0 Å². The average Bonchev–Trinajstić information content (AvgIpc) is 2.04. The summed E-state index contributed by atoms with van der Waals surface area (Å²) in [5.41, 5.74) is -0.304. The summed E-state index contributed by atoms with van der Waals surface area (Å²) >= 11 is 2.46. The van der Waals surface area contributed by atoms with Crippen LogP contribution >= 0.6 is 11.6 Å². The molecule has 0 spiro atoms. The van der Waals surface area contributed by atoms with E-state index < -0.39 is 20.3 Å². The standard InChI is InChI=1S/C6H5AsClNO4/c8-5-2-1-4(7(10)11)3-6(5)9(12)13/h1-3,10-11H. The predicted octanol–water partition coefficient (Wildman–Crippen LogP) is -0.0720. The molecule has 1 aromatic rings. The van der Waals surface area contributed by atoms with Gasteiger partial charge in [-0.25, -0.2) is 0 Å². The van der Waals surface area contributed by atoms with Crippen molar-refractivity contribution in [1.29, 1.82) is 0 Å². The molecule has 0 aliphatic rings. The molecule has 0 atom stereocenters. The molecule has 0 fully saturated rings. The van der Waals surface area contributed by atoms with E-state index in [2.05, 4.69) is 0 Å². The molecular formula is C6H5AsClNO4. The van der Waals surface area contributed by atoms with Crippen molar-refractivity contribution < 1.29 is 13.1 Å². The van der Waals surface area contributed by atoms with E-state index in [9.17, 15) is 10.1 Å². The molecule has 2 N–H and O–H groups in total. The monoisotopic (exact) mass is 265 g/mol. The van der Waals surface area contributed by atoms with Crippen molar-refractivity contribution in [2.45, 2.75) is 0 Å². The van der Waals surface area contributed by atoms with Crippen LogP contribution in [0.15, 0.2) is 18.2 Å². The van der Waals surface area contributed by atoms with Crippen molar-refractivity contribution in [2.24, 2.45) is 0 Å². The van der Waals surface area contributed by atoms with Gasteiger partial charge in [-0.3, -0.25) is 0 Å². The van der Waals surface area contributed by atoms with Gasteiger partial charge in [0.05, 0.1) is 0 Å². The first-order valence-electron chi connectivity index (χ1n) is 3.14. The maximum absolute atomic E-state index is 10.4. The summed E-state index contributed by atoms with van der Waals surface area (Å²) in [5, 5.41) is 10.4. The Morgan fingerprint density at radius 2 is 2.08 bits per heavy atom. The van der Waals surface area contributed by atoms with Gasteiger partial charge in [-0.1, -0.05) is 0 Å². The Kier molecular flexibility index (Phi) is 3.27. The number of nitro groups is 1. The number of nitrogens with zero attached hydrogens (tertiary/aromatic N) is 1. The molecule has 0 unspecified atom stereocenters. The molecular weight excluding hydrogens is 260 g/mol. The SMILES string of the molecule is O=[N+]([O-])c1cc([As](O)O)ccc1Cl. The number of hydrogen-bond acceptors (Lipinski definition) is 4. The quantitative estimate of drug-likeness (QED) is 0.445. The molecule has 0 heterocycles. The molecule has 0 aromatic heterocycles. The van der Waals surface area contributed by atoms with Gasteiger partial charge in [0.25, 0.3) is 0 Å². The molecule has 5 nitrogen and oxygen atoms in total. The zero-order valence-corrected chi connectivity index (χ0v) is 8.85. The van der Waals surface area contributed by atoms with E-state index >= 15 is 0 Å². The fourth-order valence-corrected chi connectivity index (χ4v) is 1.89. The van der Waals surface area contributed by atoms with Crippen LogP contribution in [0, 0.1) is 10.1 Å². The van der Waals surface area contributed by atoms with Crippen molar-refractivity contribution in [3.05, 3.63) is 33.3 Å². The molecule has 7 heteroatoms. The number of rotatable bonds is 2. The molecule has 0 aliphatic carbocycles. The van der Waals surface area contributed by atoms with Crippen LogP contribution < -0.4 is 4.35 Å². The van der Waals surface area contributed by atoms with Crippen LogP contribution in [0.5, 0.6) is 0 Å². The zero-order chi connectivity index (χ0) is 10.0. The van der Waals surface area contributed by atoms with E-state index in [0.29, 0.717) is 0 Å². The van der Waals surface area contributed by atoms with Crippen LogP contribution in [-0.4, -0.2) is 28.4 Å². The minimum atomic E-state index is -3.04. The van der Waals surface area contributed by atoms with Crippen LogP contribution in [0.1, 0.15) is 0 Å².